The number of fused-ring (bicyclic) bond motifs is 3. The molecule has 2 heterocycles. The molecule has 1 atom stereocenters. The summed E-state index contributed by atoms with van der Waals surface area (Å²) in [5.74, 6) is 1.32. The molecule has 1 unspecified atom stereocenters. The maximum Gasteiger partial charge on any atom is 0.151 e. The summed E-state index contributed by atoms with van der Waals surface area (Å²) in [5, 5.41) is 11.6. The van der Waals surface area contributed by atoms with E-state index in [1.807, 2.05) is 4.57 Å². The Labute approximate surface area is 179 Å². The van der Waals surface area contributed by atoms with E-state index in [-0.39, 0.29) is 5.82 Å². The van der Waals surface area contributed by atoms with E-state index in [4.69, 9.17) is 16.3 Å². The second kappa shape index (κ2) is 7.52. The van der Waals surface area contributed by atoms with Gasteiger partial charge in [0.25, 0.3) is 0 Å². The number of aromatic nitrogens is 3. The third-order valence-electron chi connectivity index (χ3n) is 6.04. The Hall–Kier alpha value is -2.70. The van der Waals surface area contributed by atoms with Crippen LogP contribution in [0.5, 0.6) is 5.75 Å². The molecule has 154 valence electrons. The molecule has 1 aliphatic carbocycles. The summed E-state index contributed by atoms with van der Waals surface area (Å²) in [7, 11) is 1.61. The van der Waals surface area contributed by atoms with E-state index in [0.717, 1.165) is 47.6 Å². The van der Waals surface area contributed by atoms with Crippen LogP contribution >= 0.6 is 11.6 Å². The molecule has 1 aromatic heterocycles. The molecule has 1 N–H and O–H groups in total. The Kier molecular flexibility index (Phi) is 4.83. The molecule has 2 aliphatic rings. The standard InChI is InChI=1S/C23H22ClFN4O/c1-30-21-5-3-18(25)11-19(21)15-6-8-23(24,9-7-15)17-2-4-20-16(10-17)12-26-13-22-28-27-14-29(20)22/h2-6,10-11,14,26H,7-9,12-13H2,1H3. The quantitative estimate of drug-likeness (QED) is 0.618. The van der Waals surface area contributed by atoms with Crippen LogP contribution in [0.25, 0.3) is 11.3 Å². The van der Waals surface area contributed by atoms with Crippen molar-refractivity contribution >= 4 is 17.2 Å². The van der Waals surface area contributed by atoms with E-state index in [1.54, 1.807) is 19.5 Å². The molecule has 5 rings (SSSR count). The molecule has 2 aromatic carbocycles. The van der Waals surface area contributed by atoms with Crippen LogP contribution in [0.1, 0.15) is 41.8 Å². The van der Waals surface area contributed by atoms with Crippen LogP contribution in [0.2, 0.25) is 0 Å². The molecule has 3 aromatic rings. The van der Waals surface area contributed by atoms with Gasteiger partial charge in [-0.15, -0.1) is 21.8 Å². The summed E-state index contributed by atoms with van der Waals surface area (Å²) in [6, 6.07) is 11.0. The monoisotopic (exact) mass is 424 g/mol. The number of hydrogen-bond acceptors (Lipinski definition) is 4. The number of hydrogen-bond donors (Lipinski definition) is 1. The van der Waals surface area contributed by atoms with Crippen molar-refractivity contribution in [1.82, 2.24) is 20.1 Å². The van der Waals surface area contributed by atoms with Crippen LogP contribution in [-0.2, 0) is 18.0 Å². The van der Waals surface area contributed by atoms with Crippen molar-refractivity contribution in [3.8, 4) is 11.4 Å². The number of allylic oxidation sites excluding steroid dienone is 2. The third kappa shape index (κ3) is 3.30. The number of methoxy groups -OCH3 is 1. The van der Waals surface area contributed by atoms with E-state index < -0.39 is 4.87 Å². The lowest BCUT2D eigenvalue weighted by Crippen LogP contribution is -2.22. The molecule has 0 saturated carbocycles. The Bertz CT molecular complexity index is 1140. The van der Waals surface area contributed by atoms with Gasteiger partial charge >= 0.3 is 0 Å². The summed E-state index contributed by atoms with van der Waals surface area (Å²) in [5.41, 5.74) is 5.24. The molecule has 1 aliphatic heterocycles. The molecule has 30 heavy (non-hydrogen) atoms. The normalized spacial score (nSPS) is 20.7. The van der Waals surface area contributed by atoms with E-state index in [2.05, 4.69) is 39.8 Å². The average Bonchev–Trinajstić information content (AvgIpc) is 3.15. The second-order valence-electron chi connectivity index (χ2n) is 7.81. The van der Waals surface area contributed by atoms with Crippen LogP contribution in [0.15, 0.2) is 48.8 Å². The number of halogens is 2. The van der Waals surface area contributed by atoms with Gasteiger partial charge in [0.2, 0.25) is 0 Å². The number of nitrogens with zero attached hydrogens (tertiary/aromatic N) is 3. The lowest BCUT2D eigenvalue weighted by molar-refractivity contribution is 0.411. The van der Waals surface area contributed by atoms with Gasteiger partial charge in [0.15, 0.2) is 5.82 Å². The number of rotatable bonds is 3. The predicted molar refractivity (Wildman–Crippen MR) is 114 cm³/mol. The van der Waals surface area contributed by atoms with Crippen LogP contribution in [0.4, 0.5) is 4.39 Å². The van der Waals surface area contributed by atoms with Crippen molar-refractivity contribution in [2.75, 3.05) is 7.11 Å². The summed E-state index contributed by atoms with van der Waals surface area (Å²) in [6.07, 6.45) is 6.07. The summed E-state index contributed by atoms with van der Waals surface area (Å²) in [6.45, 7) is 1.43. The largest absolute Gasteiger partial charge is 0.496 e. The van der Waals surface area contributed by atoms with Crippen LogP contribution in [0.3, 0.4) is 0 Å². The first kappa shape index (κ1) is 19.3. The smallest absolute Gasteiger partial charge is 0.151 e. The van der Waals surface area contributed by atoms with Crippen molar-refractivity contribution in [2.45, 2.75) is 37.2 Å². The average molecular weight is 425 g/mol. The zero-order valence-corrected chi connectivity index (χ0v) is 17.4. The summed E-state index contributed by atoms with van der Waals surface area (Å²) >= 11 is 7.12. The maximum atomic E-state index is 13.8. The molecule has 5 nitrogen and oxygen atoms in total. The Balaban J connectivity index is 1.46. The maximum absolute atomic E-state index is 13.8. The first-order chi connectivity index (χ1) is 14.6. The molecule has 7 heteroatoms. The minimum atomic E-state index is -0.485. The van der Waals surface area contributed by atoms with Gasteiger partial charge < -0.3 is 10.1 Å². The zero-order valence-electron chi connectivity index (χ0n) is 16.7. The van der Waals surface area contributed by atoms with Gasteiger partial charge in [-0.05, 0) is 60.2 Å². The fraction of sp³-hybridized carbons (Fsp3) is 0.304. The highest BCUT2D eigenvalue weighted by molar-refractivity contribution is 6.24. The molecule has 0 spiro atoms. The first-order valence-corrected chi connectivity index (χ1v) is 10.4. The highest BCUT2D eigenvalue weighted by Crippen LogP contribution is 2.46. The van der Waals surface area contributed by atoms with E-state index in [9.17, 15) is 4.39 Å². The van der Waals surface area contributed by atoms with Gasteiger partial charge in [-0.1, -0.05) is 18.2 Å². The second-order valence-corrected chi connectivity index (χ2v) is 8.53. The molecular weight excluding hydrogens is 403 g/mol. The van der Waals surface area contributed by atoms with Gasteiger partial charge in [0.05, 0.1) is 24.2 Å². The number of alkyl halides is 1. The predicted octanol–water partition coefficient (Wildman–Crippen LogP) is 4.72. The van der Waals surface area contributed by atoms with Gasteiger partial charge in [-0.2, -0.15) is 0 Å². The molecule has 0 radical (unpaired) electrons. The zero-order chi connectivity index (χ0) is 20.7. The lowest BCUT2D eigenvalue weighted by Gasteiger charge is -2.32. The number of benzene rings is 2. The van der Waals surface area contributed by atoms with Crippen molar-refractivity contribution < 1.29 is 9.13 Å². The lowest BCUT2D eigenvalue weighted by atomic mass is 9.81. The Morgan fingerprint density at radius 2 is 2.10 bits per heavy atom. The minimum Gasteiger partial charge on any atom is -0.496 e. The van der Waals surface area contributed by atoms with Crippen LogP contribution in [-0.4, -0.2) is 21.9 Å². The van der Waals surface area contributed by atoms with Crippen molar-refractivity contribution in [1.29, 1.82) is 0 Å². The number of nitrogens with one attached hydrogen (secondary N) is 1. The van der Waals surface area contributed by atoms with Crippen molar-refractivity contribution in [2.24, 2.45) is 0 Å². The fourth-order valence-corrected chi connectivity index (χ4v) is 4.68. The highest BCUT2D eigenvalue weighted by Gasteiger charge is 2.33. The van der Waals surface area contributed by atoms with Crippen LogP contribution in [0, 0.1) is 5.82 Å². The van der Waals surface area contributed by atoms with Crippen molar-refractivity contribution in [3.63, 3.8) is 0 Å². The minimum absolute atomic E-state index is 0.263. The first-order valence-electron chi connectivity index (χ1n) is 10.0. The Morgan fingerprint density at radius 3 is 2.90 bits per heavy atom. The molecule has 0 amide bonds. The SMILES string of the molecule is COc1ccc(F)cc1C1=CCC(Cl)(c2ccc3c(c2)CNCc2nncn2-3)CC1. The molecule has 0 saturated heterocycles. The van der Waals surface area contributed by atoms with Gasteiger partial charge in [0, 0.05) is 12.1 Å². The molecule has 0 fully saturated rings. The summed E-state index contributed by atoms with van der Waals surface area (Å²) < 4.78 is 21.3. The van der Waals surface area contributed by atoms with Gasteiger partial charge in [-0.3, -0.25) is 4.57 Å². The Morgan fingerprint density at radius 1 is 1.20 bits per heavy atom. The van der Waals surface area contributed by atoms with Gasteiger partial charge in [-0.25, -0.2) is 4.39 Å². The van der Waals surface area contributed by atoms with E-state index in [1.165, 1.54) is 17.7 Å². The molecular formula is C23H22ClFN4O. The fourth-order valence-electron chi connectivity index (χ4n) is 4.39. The topological polar surface area (TPSA) is 52.0 Å². The van der Waals surface area contributed by atoms with E-state index >= 15 is 0 Å². The highest BCUT2D eigenvalue weighted by atomic mass is 35.5. The number of ether oxygens (including phenoxy) is 1. The third-order valence-corrected chi connectivity index (χ3v) is 6.60. The van der Waals surface area contributed by atoms with Crippen LogP contribution < -0.4 is 10.1 Å². The summed E-state index contributed by atoms with van der Waals surface area (Å²) in [4.78, 5) is -0.485. The van der Waals surface area contributed by atoms with E-state index in [0.29, 0.717) is 18.7 Å². The van der Waals surface area contributed by atoms with Gasteiger partial charge in [0.1, 0.15) is 17.9 Å². The van der Waals surface area contributed by atoms with Crippen molar-refractivity contribution in [3.05, 3.63) is 77.1 Å². The molecule has 0 bridgehead atoms.